The molecule has 0 aliphatic rings. The molecule has 0 fully saturated rings. The van der Waals surface area contributed by atoms with Gasteiger partial charge in [-0.05, 0) is 18.6 Å². The Hall–Kier alpha value is -0.450. The summed E-state index contributed by atoms with van der Waals surface area (Å²) in [5.41, 5.74) is 0.657. The van der Waals surface area contributed by atoms with Crippen LogP contribution in [0.3, 0.4) is 0 Å². The molecule has 6 heteroatoms. The molecule has 0 amide bonds. The van der Waals surface area contributed by atoms with E-state index in [9.17, 15) is 8.42 Å². The van der Waals surface area contributed by atoms with Crippen molar-refractivity contribution in [3.63, 3.8) is 0 Å². The highest BCUT2D eigenvalue weighted by Gasteiger charge is 2.08. The van der Waals surface area contributed by atoms with Gasteiger partial charge in [-0.2, -0.15) is 0 Å². The van der Waals surface area contributed by atoms with Crippen molar-refractivity contribution >= 4 is 38.7 Å². The van der Waals surface area contributed by atoms with E-state index in [2.05, 4.69) is 5.32 Å². The number of anilines is 1. The third kappa shape index (κ3) is 4.74. The molecule has 96 valence electrons. The number of halogens is 2. The van der Waals surface area contributed by atoms with Crippen LogP contribution in [0.1, 0.15) is 13.3 Å². The van der Waals surface area contributed by atoms with Crippen LogP contribution in [-0.2, 0) is 9.84 Å². The van der Waals surface area contributed by atoms with Crippen LogP contribution in [0.15, 0.2) is 18.2 Å². The Morgan fingerprint density at radius 3 is 2.35 bits per heavy atom. The first-order valence-corrected chi connectivity index (χ1v) is 7.92. The summed E-state index contributed by atoms with van der Waals surface area (Å²) in [6, 6.07) is 5.23. The first-order valence-electron chi connectivity index (χ1n) is 5.34. The van der Waals surface area contributed by atoms with Crippen LogP contribution in [-0.4, -0.2) is 26.5 Å². The number of nitrogens with one attached hydrogen (secondary N) is 1. The highest BCUT2D eigenvalue weighted by molar-refractivity contribution is 7.91. The van der Waals surface area contributed by atoms with E-state index in [-0.39, 0.29) is 11.5 Å². The second-order valence-electron chi connectivity index (χ2n) is 3.61. The number of sulfone groups is 1. The minimum Gasteiger partial charge on any atom is -0.383 e. The van der Waals surface area contributed by atoms with E-state index >= 15 is 0 Å². The summed E-state index contributed by atoms with van der Waals surface area (Å²) >= 11 is 11.9. The summed E-state index contributed by atoms with van der Waals surface area (Å²) in [6.07, 6.45) is 0.539. The Bertz CT molecular complexity index is 454. The van der Waals surface area contributed by atoms with Gasteiger partial charge >= 0.3 is 0 Å². The normalized spacial score (nSPS) is 11.5. The number of para-hydroxylation sites is 1. The Labute approximate surface area is 112 Å². The lowest BCUT2D eigenvalue weighted by Gasteiger charge is -2.09. The second-order valence-corrected chi connectivity index (χ2v) is 6.90. The molecule has 0 atom stereocenters. The maximum Gasteiger partial charge on any atom is 0.150 e. The first-order chi connectivity index (χ1) is 7.96. The molecule has 0 aliphatic carbocycles. The Balaban J connectivity index is 2.47. The molecular weight excluding hydrogens is 281 g/mol. The smallest absolute Gasteiger partial charge is 0.150 e. The fourth-order valence-electron chi connectivity index (χ4n) is 1.32. The predicted molar refractivity (Wildman–Crippen MR) is 73.9 cm³/mol. The van der Waals surface area contributed by atoms with Crippen molar-refractivity contribution in [1.29, 1.82) is 0 Å². The molecule has 1 aromatic rings. The molecule has 1 aromatic carbocycles. The molecule has 0 bridgehead atoms. The lowest BCUT2D eigenvalue weighted by Crippen LogP contribution is -2.13. The minimum absolute atomic E-state index is 0.179. The van der Waals surface area contributed by atoms with E-state index in [1.165, 1.54) is 0 Å². The standard InChI is InChI=1S/C11H15Cl2NO2S/c1-2-17(15,16)8-4-7-14-11-9(12)5-3-6-10(11)13/h3,5-6,14H,2,4,7-8H2,1H3. The van der Waals surface area contributed by atoms with E-state index in [0.29, 0.717) is 28.7 Å². The van der Waals surface area contributed by atoms with Gasteiger partial charge in [0.05, 0.1) is 21.5 Å². The van der Waals surface area contributed by atoms with Gasteiger partial charge < -0.3 is 5.32 Å². The number of hydrogen-bond donors (Lipinski definition) is 1. The zero-order valence-corrected chi connectivity index (χ0v) is 11.9. The van der Waals surface area contributed by atoms with Crippen LogP contribution >= 0.6 is 23.2 Å². The average molecular weight is 296 g/mol. The van der Waals surface area contributed by atoms with Gasteiger partial charge in [0.1, 0.15) is 9.84 Å². The van der Waals surface area contributed by atoms with Gasteiger partial charge in [0.2, 0.25) is 0 Å². The summed E-state index contributed by atoms with van der Waals surface area (Å²) in [7, 11) is -2.90. The van der Waals surface area contributed by atoms with Gasteiger partial charge in [-0.15, -0.1) is 0 Å². The van der Waals surface area contributed by atoms with Crippen molar-refractivity contribution < 1.29 is 8.42 Å². The van der Waals surface area contributed by atoms with Gasteiger partial charge in [-0.3, -0.25) is 0 Å². The van der Waals surface area contributed by atoms with Crippen molar-refractivity contribution in [2.45, 2.75) is 13.3 Å². The fraction of sp³-hybridized carbons (Fsp3) is 0.455. The molecule has 0 radical (unpaired) electrons. The van der Waals surface area contributed by atoms with Crippen LogP contribution in [0.2, 0.25) is 10.0 Å². The number of rotatable bonds is 6. The van der Waals surface area contributed by atoms with Crippen LogP contribution in [0.5, 0.6) is 0 Å². The van der Waals surface area contributed by atoms with Crippen LogP contribution in [0.25, 0.3) is 0 Å². The molecule has 0 aromatic heterocycles. The van der Waals surface area contributed by atoms with Crippen LogP contribution in [0, 0.1) is 0 Å². The molecule has 0 saturated heterocycles. The van der Waals surface area contributed by atoms with E-state index in [4.69, 9.17) is 23.2 Å². The van der Waals surface area contributed by atoms with Crippen LogP contribution < -0.4 is 5.32 Å². The van der Waals surface area contributed by atoms with Gasteiger partial charge in [-0.25, -0.2) is 8.42 Å². The lowest BCUT2D eigenvalue weighted by molar-refractivity contribution is 0.595. The van der Waals surface area contributed by atoms with Gasteiger partial charge in [-0.1, -0.05) is 36.2 Å². The topological polar surface area (TPSA) is 46.2 Å². The average Bonchev–Trinajstić information content (AvgIpc) is 2.27. The molecule has 1 rings (SSSR count). The third-order valence-electron chi connectivity index (χ3n) is 2.34. The third-order valence-corrected chi connectivity index (χ3v) is 4.76. The van der Waals surface area contributed by atoms with Crippen molar-refractivity contribution in [1.82, 2.24) is 0 Å². The second kappa shape index (κ2) is 6.47. The molecule has 0 spiro atoms. The van der Waals surface area contributed by atoms with Gasteiger partial charge in [0, 0.05) is 12.3 Å². The quantitative estimate of drug-likeness (QED) is 0.820. The van der Waals surface area contributed by atoms with Gasteiger partial charge in [0.15, 0.2) is 0 Å². The van der Waals surface area contributed by atoms with Crippen molar-refractivity contribution in [2.75, 3.05) is 23.4 Å². The predicted octanol–water partition coefficient (Wildman–Crippen LogP) is 3.23. The minimum atomic E-state index is -2.90. The van der Waals surface area contributed by atoms with E-state index < -0.39 is 9.84 Å². The Kier molecular flexibility index (Phi) is 5.56. The molecule has 0 heterocycles. The molecule has 17 heavy (non-hydrogen) atoms. The zero-order valence-electron chi connectivity index (χ0n) is 9.54. The highest BCUT2D eigenvalue weighted by Crippen LogP contribution is 2.29. The molecular formula is C11H15Cl2NO2S. The fourth-order valence-corrected chi connectivity index (χ4v) is 2.72. The van der Waals surface area contributed by atoms with Crippen molar-refractivity contribution in [3.8, 4) is 0 Å². The van der Waals surface area contributed by atoms with E-state index in [1.54, 1.807) is 25.1 Å². The van der Waals surface area contributed by atoms with E-state index in [1.807, 2.05) is 0 Å². The zero-order chi connectivity index (χ0) is 12.9. The molecule has 1 N–H and O–H groups in total. The summed E-state index contributed by atoms with van der Waals surface area (Å²) in [5, 5.41) is 4.13. The Morgan fingerprint density at radius 1 is 1.24 bits per heavy atom. The maximum atomic E-state index is 11.3. The number of hydrogen-bond acceptors (Lipinski definition) is 3. The first kappa shape index (κ1) is 14.6. The molecule has 0 unspecified atom stereocenters. The number of benzene rings is 1. The molecule has 3 nitrogen and oxygen atoms in total. The summed E-state index contributed by atoms with van der Waals surface area (Å²) in [6.45, 7) is 2.18. The SMILES string of the molecule is CCS(=O)(=O)CCCNc1c(Cl)cccc1Cl. The summed E-state index contributed by atoms with van der Waals surface area (Å²) in [5.74, 6) is 0.360. The maximum absolute atomic E-state index is 11.3. The molecule has 0 aliphatic heterocycles. The summed E-state index contributed by atoms with van der Waals surface area (Å²) in [4.78, 5) is 0. The monoisotopic (exact) mass is 295 g/mol. The highest BCUT2D eigenvalue weighted by atomic mass is 35.5. The largest absolute Gasteiger partial charge is 0.383 e. The van der Waals surface area contributed by atoms with Crippen molar-refractivity contribution in [3.05, 3.63) is 28.2 Å². The lowest BCUT2D eigenvalue weighted by atomic mass is 10.3. The Morgan fingerprint density at radius 2 is 1.82 bits per heavy atom. The van der Waals surface area contributed by atoms with Crippen LogP contribution in [0.4, 0.5) is 5.69 Å². The molecule has 0 saturated carbocycles. The van der Waals surface area contributed by atoms with Gasteiger partial charge in [0.25, 0.3) is 0 Å². The summed E-state index contributed by atoms with van der Waals surface area (Å²) < 4.78 is 22.5. The van der Waals surface area contributed by atoms with E-state index in [0.717, 1.165) is 0 Å². The van der Waals surface area contributed by atoms with Crippen molar-refractivity contribution in [2.24, 2.45) is 0 Å².